The highest BCUT2D eigenvalue weighted by Gasteiger charge is 2.27. The van der Waals surface area contributed by atoms with Gasteiger partial charge in [0.15, 0.2) is 18.1 Å². The first-order chi connectivity index (χ1) is 16.2. The van der Waals surface area contributed by atoms with Crippen LogP contribution in [0, 0.1) is 11.8 Å². The molecule has 2 aliphatic heterocycles. The van der Waals surface area contributed by atoms with Gasteiger partial charge in [0, 0.05) is 19.2 Å². The van der Waals surface area contributed by atoms with Gasteiger partial charge in [0.05, 0.1) is 16.1 Å². The lowest BCUT2D eigenvalue weighted by Crippen LogP contribution is -2.44. The van der Waals surface area contributed by atoms with E-state index < -0.39 is 22.6 Å². The molecule has 0 bridgehead atoms. The number of ether oxygens (including phenoxy) is 3. The van der Waals surface area contributed by atoms with Crippen LogP contribution in [0.1, 0.15) is 30.6 Å². The van der Waals surface area contributed by atoms with Crippen molar-refractivity contribution in [3.63, 3.8) is 0 Å². The fourth-order valence-electron chi connectivity index (χ4n) is 4.31. The van der Waals surface area contributed by atoms with E-state index in [-0.39, 0.29) is 22.1 Å². The quantitative estimate of drug-likeness (QED) is 0.623. The van der Waals surface area contributed by atoms with Gasteiger partial charge in [-0.05, 0) is 42.5 Å². The Morgan fingerprint density at radius 1 is 1.03 bits per heavy atom. The maximum absolute atomic E-state index is 13.0. The molecule has 0 saturated carbocycles. The van der Waals surface area contributed by atoms with E-state index in [1.54, 1.807) is 17.0 Å². The molecule has 10 heteroatoms. The molecule has 0 aromatic heterocycles. The number of benzene rings is 2. The van der Waals surface area contributed by atoms with E-state index >= 15 is 0 Å². The van der Waals surface area contributed by atoms with Crippen LogP contribution in [0.2, 0.25) is 0 Å². The van der Waals surface area contributed by atoms with Crippen LogP contribution >= 0.6 is 0 Å². The van der Waals surface area contributed by atoms with Gasteiger partial charge < -0.3 is 19.1 Å². The van der Waals surface area contributed by atoms with Crippen LogP contribution < -0.4 is 14.2 Å². The molecule has 2 aromatic rings. The summed E-state index contributed by atoms with van der Waals surface area (Å²) < 4.78 is 44.5. The van der Waals surface area contributed by atoms with Crippen LogP contribution in [-0.4, -0.2) is 58.1 Å². The molecule has 0 unspecified atom stereocenters. The standard InChI is InChI=1S/C24H28N2O7S/c1-16-11-17(2)14-26(13-16)23(27)15-33-24(28)19-5-3-4-6-20(19)25-34(29,30)18-7-8-21-22(12-18)32-10-9-31-21/h3-8,12,16-17,25H,9-11,13-15H2,1-2H3/t16-,17-/m0/s1. The van der Waals surface area contributed by atoms with Gasteiger partial charge in [-0.1, -0.05) is 26.0 Å². The minimum Gasteiger partial charge on any atom is -0.486 e. The van der Waals surface area contributed by atoms with E-state index in [4.69, 9.17) is 14.2 Å². The molecule has 0 aliphatic carbocycles. The first-order valence-electron chi connectivity index (χ1n) is 11.2. The summed E-state index contributed by atoms with van der Waals surface area (Å²) in [5, 5.41) is 0. The number of hydrogen-bond donors (Lipinski definition) is 1. The molecule has 1 saturated heterocycles. The molecule has 34 heavy (non-hydrogen) atoms. The topological polar surface area (TPSA) is 111 Å². The lowest BCUT2D eigenvalue weighted by atomic mass is 9.92. The third-order valence-corrected chi connectivity index (χ3v) is 7.13. The molecule has 2 atom stereocenters. The van der Waals surface area contributed by atoms with Crippen molar-refractivity contribution in [1.82, 2.24) is 4.90 Å². The van der Waals surface area contributed by atoms with Crippen molar-refractivity contribution in [3.05, 3.63) is 48.0 Å². The molecule has 2 aromatic carbocycles. The molecule has 2 heterocycles. The van der Waals surface area contributed by atoms with Crippen LogP contribution in [0.5, 0.6) is 11.5 Å². The van der Waals surface area contributed by atoms with Crippen molar-refractivity contribution in [3.8, 4) is 11.5 Å². The highest BCUT2D eigenvalue weighted by Crippen LogP contribution is 2.33. The predicted molar refractivity (Wildman–Crippen MR) is 124 cm³/mol. The summed E-state index contributed by atoms with van der Waals surface area (Å²) in [5.41, 5.74) is 0.0619. The number of para-hydroxylation sites is 1. The van der Waals surface area contributed by atoms with Crippen LogP contribution in [0.25, 0.3) is 0 Å². The Bertz CT molecular complexity index is 1170. The molecule has 1 amide bonds. The number of esters is 1. The lowest BCUT2D eigenvalue weighted by molar-refractivity contribution is -0.137. The number of carbonyl (C=O) groups is 2. The van der Waals surface area contributed by atoms with Crippen LogP contribution in [0.15, 0.2) is 47.4 Å². The molecule has 182 valence electrons. The summed E-state index contributed by atoms with van der Waals surface area (Å²) in [6, 6.07) is 10.4. The summed E-state index contributed by atoms with van der Waals surface area (Å²) >= 11 is 0. The summed E-state index contributed by atoms with van der Waals surface area (Å²) in [7, 11) is -4.03. The van der Waals surface area contributed by atoms with Crippen molar-refractivity contribution in [2.24, 2.45) is 11.8 Å². The number of piperidine rings is 1. The number of rotatable bonds is 6. The van der Waals surface area contributed by atoms with Gasteiger partial charge in [0.1, 0.15) is 13.2 Å². The Morgan fingerprint density at radius 2 is 1.71 bits per heavy atom. The van der Waals surface area contributed by atoms with Crippen molar-refractivity contribution < 1.29 is 32.2 Å². The Kier molecular flexibility index (Phi) is 6.97. The molecule has 1 N–H and O–H groups in total. The van der Waals surface area contributed by atoms with E-state index in [1.165, 1.54) is 30.3 Å². The summed E-state index contributed by atoms with van der Waals surface area (Å²) in [5.74, 6) is 0.532. The first-order valence-corrected chi connectivity index (χ1v) is 12.7. The van der Waals surface area contributed by atoms with E-state index in [0.29, 0.717) is 49.6 Å². The molecular formula is C24H28N2O7S. The van der Waals surface area contributed by atoms with Gasteiger partial charge in [-0.15, -0.1) is 0 Å². The molecule has 0 radical (unpaired) electrons. The third kappa shape index (κ3) is 5.44. The van der Waals surface area contributed by atoms with Crippen molar-refractivity contribution in [2.45, 2.75) is 25.2 Å². The molecule has 4 rings (SSSR count). The van der Waals surface area contributed by atoms with Crippen LogP contribution in [0.3, 0.4) is 0 Å². The highest BCUT2D eigenvalue weighted by molar-refractivity contribution is 7.92. The summed E-state index contributed by atoms with van der Waals surface area (Å²) in [6.07, 6.45) is 1.06. The maximum Gasteiger partial charge on any atom is 0.340 e. The second-order valence-corrected chi connectivity index (χ2v) is 10.5. The van der Waals surface area contributed by atoms with Gasteiger partial charge in [-0.3, -0.25) is 9.52 Å². The summed E-state index contributed by atoms with van der Waals surface area (Å²) in [6.45, 7) is 5.76. The number of amides is 1. The second kappa shape index (κ2) is 9.92. The normalized spacial score (nSPS) is 19.9. The summed E-state index contributed by atoms with van der Waals surface area (Å²) in [4.78, 5) is 27.0. The first kappa shape index (κ1) is 23.9. The zero-order chi connectivity index (χ0) is 24.3. The number of nitrogens with one attached hydrogen (secondary N) is 1. The van der Waals surface area contributed by atoms with E-state index in [2.05, 4.69) is 18.6 Å². The zero-order valence-electron chi connectivity index (χ0n) is 19.2. The van der Waals surface area contributed by atoms with E-state index in [9.17, 15) is 18.0 Å². The molecule has 0 spiro atoms. The molecule has 1 fully saturated rings. The maximum atomic E-state index is 13.0. The fraction of sp³-hybridized carbons (Fsp3) is 0.417. The number of sulfonamides is 1. The SMILES string of the molecule is C[C@H]1C[C@H](C)CN(C(=O)COC(=O)c2ccccc2NS(=O)(=O)c2ccc3c(c2)OCCO3)C1. The zero-order valence-corrected chi connectivity index (χ0v) is 20.0. The number of hydrogen-bond acceptors (Lipinski definition) is 7. The van der Waals surface area contributed by atoms with Gasteiger partial charge in [0.25, 0.3) is 15.9 Å². The van der Waals surface area contributed by atoms with Crippen molar-refractivity contribution in [2.75, 3.05) is 37.6 Å². The van der Waals surface area contributed by atoms with Gasteiger partial charge in [0.2, 0.25) is 0 Å². The van der Waals surface area contributed by atoms with E-state index in [0.717, 1.165) is 6.42 Å². The third-order valence-electron chi connectivity index (χ3n) is 5.76. The Morgan fingerprint density at radius 3 is 2.44 bits per heavy atom. The Balaban J connectivity index is 1.45. The Labute approximate surface area is 199 Å². The Hall–Kier alpha value is -3.27. The number of anilines is 1. The monoisotopic (exact) mass is 488 g/mol. The number of nitrogens with zero attached hydrogens (tertiary/aromatic N) is 1. The van der Waals surface area contributed by atoms with Crippen LogP contribution in [-0.2, 0) is 19.6 Å². The van der Waals surface area contributed by atoms with Gasteiger partial charge in [-0.25, -0.2) is 13.2 Å². The average molecular weight is 489 g/mol. The van der Waals surface area contributed by atoms with Crippen LogP contribution in [0.4, 0.5) is 5.69 Å². The minimum absolute atomic E-state index is 0.0109. The lowest BCUT2D eigenvalue weighted by Gasteiger charge is -2.34. The highest BCUT2D eigenvalue weighted by atomic mass is 32.2. The molecule has 9 nitrogen and oxygen atoms in total. The van der Waals surface area contributed by atoms with Gasteiger partial charge in [-0.2, -0.15) is 0 Å². The van der Waals surface area contributed by atoms with Crippen molar-refractivity contribution in [1.29, 1.82) is 0 Å². The fourth-order valence-corrected chi connectivity index (χ4v) is 5.40. The number of carbonyl (C=O) groups excluding carboxylic acids is 2. The predicted octanol–water partition coefficient (Wildman–Crippen LogP) is 2.92. The minimum atomic E-state index is -4.03. The molecular weight excluding hydrogens is 460 g/mol. The largest absolute Gasteiger partial charge is 0.486 e. The average Bonchev–Trinajstić information content (AvgIpc) is 2.81. The number of fused-ring (bicyclic) bond motifs is 1. The smallest absolute Gasteiger partial charge is 0.340 e. The van der Waals surface area contributed by atoms with Crippen molar-refractivity contribution >= 4 is 27.6 Å². The second-order valence-electron chi connectivity index (χ2n) is 8.78. The van der Waals surface area contributed by atoms with E-state index in [1.807, 2.05) is 0 Å². The van der Waals surface area contributed by atoms with Gasteiger partial charge >= 0.3 is 5.97 Å². The number of likely N-dealkylation sites (tertiary alicyclic amines) is 1. The molecule has 2 aliphatic rings.